The molecule has 6 nitrogen and oxygen atoms in total. The summed E-state index contributed by atoms with van der Waals surface area (Å²) in [6.07, 6.45) is 10.4. The van der Waals surface area contributed by atoms with Crippen molar-refractivity contribution >= 4 is 46.5 Å². The Kier molecular flexibility index (Phi) is 7.74. The van der Waals surface area contributed by atoms with Crippen LogP contribution in [-0.2, 0) is 4.79 Å². The maximum Gasteiger partial charge on any atom is 0.251 e. The zero-order valence-corrected chi connectivity index (χ0v) is 17.4. The van der Waals surface area contributed by atoms with E-state index in [4.69, 9.17) is 0 Å². The Morgan fingerprint density at radius 3 is 2.60 bits per heavy atom. The molecule has 2 aromatic carbocycles. The molecular weight excluding hydrogens is 396 g/mol. The van der Waals surface area contributed by atoms with Crippen molar-refractivity contribution in [3.05, 3.63) is 83.4 Å². The van der Waals surface area contributed by atoms with Gasteiger partial charge in [0, 0.05) is 24.2 Å². The number of hydrogen-bond donors (Lipinski definition) is 2. The minimum absolute atomic E-state index is 0.154. The van der Waals surface area contributed by atoms with E-state index in [0.717, 1.165) is 27.9 Å². The fourth-order valence-corrected chi connectivity index (χ4v) is 3.12. The first-order valence-electron chi connectivity index (χ1n) is 9.40. The number of amides is 1. The van der Waals surface area contributed by atoms with E-state index in [0.29, 0.717) is 24.3 Å². The molecule has 0 aliphatic heterocycles. The average Bonchev–Trinajstić information content (AvgIpc) is 2.78. The summed E-state index contributed by atoms with van der Waals surface area (Å²) >= 11 is 1.53. The smallest absolute Gasteiger partial charge is 0.251 e. The highest BCUT2D eigenvalue weighted by Crippen LogP contribution is 2.17. The number of aromatic nitrogens is 2. The first kappa shape index (κ1) is 21.3. The van der Waals surface area contributed by atoms with Crippen molar-refractivity contribution in [1.29, 1.82) is 0 Å². The normalized spacial score (nSPS) is 11.6. The Labute approximate surface area is 179 Å². The quantitative estimate of drug-likeness (QED) is 0.393. The first-order chi connectivity index (χ1) is 14.7. The molecule has 1 amide bonds. The number of para-hydroxylation sites is 2. The van der Waals surface area contributed by atoms with Crippen LogP contribution >= 0.6 is 11.8 Å². The molecule has 0 saturated carbocycles. The highest BCUT2D eigenvalue weighted by atomic mass is 32.2. The van der Waals surface area contributed by atoms with Gasteiger partial charge in [-0.15, -0.1) is 11.8 Å². The fraction of sp³-hybridized carbons (Fsp3) is 0.130. The van der Waals surface area contributed by atoms with Gasteiger partial charge in [-0.1, -0.05) is 30.4 Å². The molecule has 0 unspecified atom stereocenters. The molecule has 0 radical (unpaired) electrons. The molecule has 1 aromatic heterocycles. The van der Waals surface area contributed by atoms with E-state index in [1.165, 1.54) is 11.8 Å². The maximum atomic E-state index is 12.3. The van der Waals surface area contributed by atoms with Crippen LogP contribution < -0.4 is 10.6 Å². The lowest BCUT2D eigenvalue weighted by Gasteiger charge is -2.07. The van der Waals surface area contributed by atoms with Gasteiger partial charge < -0.3 is 15.4 Å². The summed E-state index contributed by atoms with van der Waals surface area (Å²) in [5.41, 5.74) is 3.05. The molecule has 2 N–H and O–H groups in total. The van der Waals surface area contributed by atoms with Crippen LogP contribution in [0.1, 0.15) is 16.8 Å². The molecule has 0 fully saturated rings. The third-order valence-electron chi connectivity index (χ3n) is 4.21. The zero-order valence-electron chi connectivity index (χ0n) is 16.5. The van der Waals surface area contributed by atoms with E-state index in [-0.39, 0.29) is 5.91 Å². The Morgan fingerprint density at radius 1 is 1.10 bits per heavy atom. The largest absolute Gasteiger partial charge is 0.349 e. The number of nitrogens with zero attached hydrogens (tertiary/aromatic N) is 2. The number of rotatable bonds is 9. The molecule has 7 heteroatoms. The van der Waals surface area contributed by atoms with Crippen LogP contribution in [-0.4, -0.2) is 35.0 Å². The Bertz CT molecular complexity index is 1080. The average molecular weight is 419 g/mol. The zero-order chi connectivity index (χ0) is 21.2. The molecule has 0 bridgehead atoms. The van der Waals surface area contributed by atoms with Crippen molar-refractivity contribution in [3.8, 4) is 0 Å². The molecule has 3 aromatic rings. The number of fused-ring (bicyclic) bond motifs is 1. The molecule has 3 rings (SSSR count). The van der Waals surface area contributed by atoms with Crippen molar-refractivity contribution in [2.45, 2.75) is 6.42 Å². The molecule has 0 aliphatic rings. The van der Waals surface area contributed by atoms with Crippen LogP contribution in [0.25, 0.3) is 11.0 Å². The van der Waals surface area contributed by atoms with Crippen molar-refractivity contribution in [3.63, 3.8) is 0 Å². The van der Waals surface area contributed by atoms with Crippen molar-refractivity contribution in [2.24, 2.45) is 0 Å². The third-order valence-corrected chi connectivity index (χ3v) is 5.04. The first-order valence-corrected chi connectivity index (χ1v) is 10.6. The minimum Gasteiger partial charge on any atom is -0.349 e. The highest BCUT2D eigenvalue weighted by Gasteiger charge is 2.05. The number of benzene rings is 2. The van der Waals surface area contributed by atoms with E-state index in [1.54, 1.807) is 18.3 Å². The lowest BCUT2D eigenvalue weighted by atomic mass is 10.2. The van der Waals surface area contributed by atoms with E-state index in [2.05, 4.69) is 20.6 Å². The van der Waals surface area contributed by atoms with Crippen molar-refractivity contribution in [2.75, 3.05) is 18.1 Å². The third kappa shape index (κ3) is 6.02. The number of carbonyl (C=O) groups is 2. The van der Waals surface area contributed by atoms with Gasteiger partial charge >= 0.3 is 0 Å². The van der Waals surface area contributed by atoms with Crippen molar-refractivity contribution < 1.29 is 9.59 Å². The lowest BCUT2D eigenvalue weighted by Crippen LogP contribution is -2.23. The van der Waals surface area contributed by atoms with Crippen LogP contribution in [0.4, 0.5) is 11.5 Å². The topological polar surface area (TPSA) is 84.0 Å². The molecule has 0 saturated heterocycles. The second-order valence-electron chi connectivity index (χ2n) is 6.29. The van der Waals surface area contributed by atoms with Crippen molar-refractivity contribution in [1.82, 2.24) is 15.3 Å². The van der Waals surface area contributed by atoms with Gasteiger partial charge in [0.1, 0.15) is 12.1 Å². The summed E-state index contributed by atoms with van der Waals surface area (Å²) in [5.74, 6) is 0.488. The summed E-state index contributed by atoms with van der Waals surface area (Å²) < 4.78 is 0. The van der Waals surface area contributed by atoms with Gasteiger partial charge in [0.05, 0.1) is 17.2 Å². The minimum atomic E-state index is -0.154. The van der Waals surface area contributed by atoms with Gasteiger partial charge in [0.2, 0.25) is 0 Å². The molecule has 152 valence electrons. The van der Waals surface area contributed by atoms with Gasteiger partial charge in [-0.25, -0.2) is 4.98 Å². The maximum absolute atomic E-state index is 12.3. The van der Waals surface area contributed by atoms with Crippen LogP contribution in [0.3, 0.4) is 0 Å². The lowest BCUT2D eigenvalue weighted by molar-refractivity contribution is -0.107. The monoisotopic (exact) mass is 418 g/mol. The molecule has 0 aliphatic carbocycles. The van der Waals surface area contributed by atoms with Gasteiger partial charge in [0.25, 0.3) is 5.91 Å². The van der Waals surface area contributed by atoms with E-state index in [9.17, 15) is 9.59 Å². The molecule has 1 heterocycles. The second kappa shape index (κ2) is 10.9. The number of thioether (sulfide) groups is 1. The molecule has 0 atom stereocenters. The Morgan fingerprint density at radius 2 is 1.87 bits per heavy atom. The molecular formula is C23H22N4O2S. The number of hydrogen-bond acceptors (Lipinski definition) is 6. The number of allylic oxidation sites excluding steroid dienone is 3. The highest BCUT2D eigenvalue weighted by molar-refractivity contribution is 8.02. The predicted molar refractivity (Wildman–Crippen MR) is 123 cm³/mol. The Hall–Kier alpha value is -3.45. The molecule has 30 heavy (non-hydrogen) atoms. The van der Waals surface area contributed by atoms with Crippen LogP contribution in [0.5, 0.6) is 0 Å². The summed E-state index contributed by atoms with van der Waals surface area (Å²) in [7, 11) is 0. The van der Waals surface area contributed by atoms with Gasteiger partial charge in [-0.05, 0) is 47.6 Å². The van der Waals surface area contributed by atoms with Gasteiger partial charge in [-0.3, -0.25) is 9.78 Å². The van der Waals surface area contributed by atoms with E-state index >= 15 is 0 Å². The SMILES string of the molecule is CS/C(=C\C=C\CNC(=O)c1ccc(Nc2cnc3ccccc3n2)cc1)CC=O. The summed E-state index contributed by atoms with van der Waals surface area (Å²) in [4.78, 5) is 32.7. The number of aldehydes is 1. The standard InChI is InChI=1S/C23H22N4O2S/c1-30-19(13-15-28)6-4-5-14-24-23(29)17-9-11-18(12-10-17)26-22-16-25-20-7-2-3-8-21(20)27-22/h2-12,15-16H,13-14H2,1H3,(H,24,29)(H,26,27)/b5-4+,19-6-. The summed E-state index contributed by atoms with van der Waals surface area (Å²) in [5, 5.41) is 6.04. The number of nitrogens with one attached hydrogen (secondary N) is 2. The molecule has 0 spiro atoms. The summed E-state index contributed by atoms with van der Waals surface area (Å²) in [6.45, 7) is 0.408. The second-order valence-corrected chi connectivity index (χ2v) is 7.23. The van der Waals surface area contributed by atoms with E-state index < -0.39 is 0 Å². The number of carbonyl (C=O) groups excluding carboxylic acids is 2. The van der Waals surface area contributed by atoms with Gasteiger partial charge in [0.15, 0.2) is 0 Å². The predicted octanol–water partition coefficient (Wildman–Crippen LogP) is 4.50. The van der Waals surface area contributed by atoms with Crippen LogP contribution in [0.15, 0.2) is 77.9 Å². The summed E-state index contributed by atoms with van der Waals surface area (Å²) in [6, 6.07) is 14.8. The van der Waals surface area contributed by atoms with Gasteiger partial charge in [-0.2, -0.15) is 0 Å². The van der Waals surface area contributed by atoms with E-state index in [1.807, 2.05) is 60.9 Å². The van der Waals surface area contributed by atoms with Crippen LogP contribution in [0.2, 0.25) is 0 Å². The fourth-order valence-electron chi connectivity index (χ4n) is 2.67. The Balaban J connectivity index is 1.54. The van der Waals surface area contributed by atoms with Crippen LogP contribution in [0, 0.1) is 0 Å². The number of anilines is 2.